The summed E-state index contributed by atoms with van der Waals surface area (Å²) in [6, 6.07) is 23.5. The Morgan fingerprint density at radius 3 is 2.21 bits per heavy atom. The van der Waals surface area contributed by atoms with E-state index in [1.807, 2.05) is 54.6 Å². The van der Waals surface area contributed by atoms with E-state index in [9.17, 15) is 14.4 Å². The van der Waals surface area contributed by atoms with Crippen LogP contribution >= 0.6 is 11.6 Å². The SMILES string of the molecule is CC(C)c1ccccc1NC(=O)c1ccc(NC2=C(Cl)C(=O)N(Cc3ccccc3)C2=O)cc1. The molecule has 4 rings (SSSR count). The Morgan fingerprint density at radius 1 is 0.882 bits per heavy atom. The highest BCUT2D eigenvalue weighted by Crippen LogP contribution is 2.28. The lowest BCUT2D eigenvalue weighted by atomic mass is 10.0. The molecule has 1 heterocycles. The van der Waals surface area contributed by atoms with E-state index in [2.05, 4.69) is 24.5 Å². The van der Waals surface area contributed by atoms with Crippen molar-refractivity contribution in [2.24, 2.45) is 0 Å². The van der Waals surface area contributed by atoms with Gasteiger partial charge in [0.05, 0.1) is 6.54 Å². The van der Waals surface area contributed by atoms with Crippen LogP contribution in [-0.2, 0) is 16.1 Å². The van der Waals surface area contributed by atoms with Crippen molar-refractivity contribution in [1.82, 2.24) is 4.90 Å². The van der Waals surface area contributed by atoms with E-state index in [0.717, 1.165) is 21.7 Å². The summed E-state index contributed by atoms with van der Waals surface area (Å²) in [5.74, 6) is -1.00. The third kappa shape index (κ3) is 4.87. The van der Waals surface area contributed by atoms with Crippen molar-refractivity contribution in [2.75, 3.05) is 10.6 Å². The van der Waals surface area contributed by atoms with Gasteiger partial charge in [0.25, 0.3) is 17.7 Å². The molecular formula is C27H24ClN3O3. The zero-order chi connectivity index (χ0) is 24.2. The van der Waals surface area contributed by atoms with Crippen molar-refractivity contribution >= 4 is 40.7 Å². The molecule has 3 aromatic rings. The molecule has 0 aromatic heterocycles. The molecule has 0 aliphatic carbocycles. The van der Waals surface area contributed by atoms with Crippen molar-refractivity contribution in [3.05, 3.63) is 106 Å². The first-order valence-corrected chi connectivity index (χ1v) is 11.3. The summed E-state index contributed by atoms with van der Waals surface area (Å²) in [4.78, 5) is 39.2. The third-order valence-corrected chi connectivity index (χ3v) is 5.89. The van der Waals surface area contributed by atoms with Gasteiger partial charge in [-0.1, -0.05) is 74.0 Å². The average Bonchev–Trinajstić information content (AvgIpc) is 3.04. The lowest BCUT2D eigenvalue weighted by Gasteiger charge is -2.15. The predicted octanol–water partition coefficient (Wildman–Crippen LogP) is 5.49. The monoisotopic (exact) mass is 473 g/mol. The zero-order valence-corrected chi connectivity index (χ0v) is 19.6. The molecule has 3 aromatic carbocycles. The van der Waals surface area contributed by atoms with Gasteiger partial charge < -0.3 is 10.6 Å². The molecule has 0 spiro atoms. The maximum atomic E-state index is 12.8. The zero-order valence-electron chi connectivity index (χ0n) is 18.8. The molecule has 0 unspecified atom stereocenters. The number of hydrogen-bond donors (Lipinski definition) is 2. The van der Waals surface area contributed by atoms with E-state index < -0.39 is 11.8 Å². The quantitative estimate of drug-likeness (QED) is 0.444. The number of amides is 3. The van der Waals surface area contributed by atoms with Crippen LogP contribution in [-0.4, -0.2) is 22.6 Å². The Morgan fingerprint density at radius 2 is 1.53 bits per heavy atom. The van der Waals surface area contributed by atoms with Gasteiger partial charge in [-0.05, 0) is 47.4 Å². The lowest BCUT2D eigenvalue weighted by molar-refractivity contribution is -0.138. The van der Waals surface area contributed by atoms with Crippen molar-refractivity contribution in [2.45, 2.75) is 26.3 Å². The number of hydrogen-bond acceptors (Lipinski definition) is 4. The van der Waals surface area contributed by atoms with Gasteiger partial charge in [-0.2, -0.15) is 0 Å². The van der Waals surface area contributed by atoms with Crippen molar-refractivity contribution in [1.29, 1.82) is 0 Å². The summed E-state index contributed by atoms with van der Waals surface area (Å²) in [6.45, 7) is 4.28. The van der Waals surface area contributed by atoms with E-state index in [-0.39, 0.29) is 29.1 Å². The Labute approximate surface area is 203 Å². The van der Waals surface area contributed by atoms with Gasteiger partial charge in [0, 0.05) is 16.9 Å². The summed E-state index contributed by atoms with van der Waals surface area (Å²) in [6.07, 6.45) is 0. The largest absolute Gasteiger partial charge is 0.350 e. The number of rotatable bonds is 7. The third-order valence-electron chi connectivity index (χ3n) is 5.54. The van der Waals surface area contributed by atoms with Crippen molar-refractivity contribution in [3.63, 3.8) is 0 Å². The van der Waals surface area contributed by atoms with Gasteiger partial charge in [-0.25, -0.2) is 0 Å². The van der Waals surface area contributed by atoms with Gasteiger partial charge in [-0.3, -0.25) is 19.3 Å². The highest BCUT2D eigenvalue weighted by Gasteiger charge is 2.37. The molecule has 0 atom stereocenters. The van der Waals surface area contributed by atoms with Crippen LogP contribution in [0.2, 0.25) is 0 Å². The first-order chi connectivity index (χ1) is 16.3. The molecule has 7 heteroatoms. The fourth-order valence-corrected chi connectivity index (χ4v) is 3.95. The average molecular weight is 474 g/mol. The molecule has 0 saturated carbocycles. The molecule has 1 aliphatic heterocycles. The Balaban J connectivity index is 1.45. The Bertz CT molecular complexity index is 1270. The Kier molecular flexibility index (Phi) is 6.80. The van der Waals surface area contributed by atoms with Gasteiger partial charge in [-0.15, -0.1) is 0 Å². The summed E-state index contributed by atoms with van der Waals surface area (Å²) in [5, 5.41) is 5.73. The molecule has 0 radical (unpaired) electrons. The van der Waals surface area contributed by atoms with Crippen LogP contribution in [0.4, 0.5) is 11.4 Å². The summed E-state index contributed by atoms with van der Waals surface area (Å²) in [7, 11) is 0. The number of nitrogens with one attached hydrogen (secondary N) is 2. The molecular weight excluding hydrogens is 450 g/mol. The standard InChI is InChI=1S/C27H24ClN3O3/c1-17(2)21-10-6-7-11-22(21)30-25(32)19-12-14-20(15-13-19)29-24-23(28)26(33)31(27(24)34)16-18-8-4-3-5-9-18/h3-15,17,29H,16H2,1-2H3,(H,30,32). The van der Waals surface area contributed by atoms with E-state index in [4.69, 9.17) is 11.6 Å². The minimum absolute atomic E-state index is 0.0191. The summed E-state index contributed by atoms with van der Waals surface area (Å²) in [5.41, 5.74) is 3.67. The van der Waals surface area contributed by atoms with Crippen LogP contribution in [0.5, 0.6) is 0 Å². The Hall–Kier alpha value is -3.90. The molecule has 0 fully saturated rings. The number of imide groups is 1. The topological polar surface area (TPSA) is 78.5 Å². The number of nitrogens with zero attached hydrogens (tertiary/aromatic N) is 1. The molecule has 6 nitrogen and oxygen atoms in total. The van der Waals surface area contributed by atoms with Gasteiger partial charge >= 0.3 is 0 Å². The highest BCUT2D eigenvalue weighted by molar-refractivity contribution is 6.48. The fourth-order valence-electron chi connectivity index (χ4n) is 3.72. The molecule has 172 valence electrons. The molecule has 0 bridgehead atoms. The summed E-state index contributed by atoms with van der Waals surface area (Å²) >= 11 is 6.19. The lowest BCUT2D eigenvalue weighted by Crippen LogP contribution is -2.31. The minimum atomic E-state index is -0.544. The molecule has 3 amide bonds. The number of anilines is 2. The van der Waals surface area contributed by atoms with Crippen LogP contribution in [0, 0.1) is 0 Å². The number of carbonyl (C=O) groups excluding carboxylic acids is 3. The van der Waals surface area contributed by atoms with E-state index in [1.165, 1.54) is 0 Å². The minimum Gasteiger partial charge on any atom is -0.350 e. The summed E-state index contributed by atoms with van der Waals surface area (Å²) < 4.78 is 0. The van der Waals surface area contributed by atoms with Gasteiger partial charge in [0.2, 0.25) is 0 Å². The second-order valence-corrected chi connectivity index (χ2v) is 8.65. The van der Waals surface area contributed by atoms with Crippen molar-refractivity contribution in [3.8, 4) is 0 Å². The molecule has 0 saturated heterocycles. The fraction of sp³-hybridized carbons (Fsp3) is 0.148. The van der Waals surface area contributed by atoms with Gasteiger partial charge in [0.15, 0.2) is 0 Å². The van der Waals surface area contributed by atoms with Gasteiger partial charge in [0.1, 0.15) is 10.7 Å². The van der Waals surface area contributed by atoms with E-state index in [1.54, 1.807) is 24.3 Å². The maximum absolute atomic E-state index is 12.8. The molecule has 2 N–H and O–H groups in total. The normalized spacial score (nSPS) is 13.6. The molecule has 34 heavy (non-hydrogen) atoms. The maximum Gasteiger partial charge on any atom is 0.279 e. The number of para-hydroxylation sites is 1. The first-order valence-electron chi connectivity index (χ1n) is 10.9. The highest BCUT2D eigenvalue weighted by atomic mass is 35.5. The molecule has 1 aliphatic rings. The van der Waals surface area contributed by atoms with Crippen LogP contribution in [0.1, 0.15) is 41.3 Å². The number of carbonyl (C=O) groups is 3. The van der Waals surface area contributed by atoms with Crippen molar-refractivity contribution < 1.29 is 14.4 Å². The van der Waals surface area contributed by atoms with E-state index in [0.29, 0.717) is 11.3 Å². The second-order valence-electron chi connectivity index (χ2n) is 8.27. The van der Waals surface area contributed by atoms with Crippen LogP contribution in [0.25, 0.3) is 0 Å². The smallest absolute Gasteiger partial charge is 0.279 e. The second kappa shape index (κ2) is 9.93. The van der Waals surface area contributed by atoms with Crippen LogP contribution < -0.4 is 10.6 Å². The first kappa shape index (κ1) is 23.3. The number of benzene rings is 3. The predicted molar refractivity (Wildman–Crippen MR) is 133 cm³/mol. The number of halogens is 1. The van der Waals surface area contributed by atoms with Crippen LogP contribution in [0.15, 0.2) is 89.6 Å². The van der Waals surface area contributed by atoms with Crippen LogP contribution in [0.3, 0.4) is 0 Å². The van der Waals surface area contributed by atoms with E-state index >= 15 is 0 Å².